The molecule has 0 aromatic heterocycles. The average Bonchev–Trinajstić information content (AvgIpc) is 3.00. The van der Waals surface area contributed by atoms with Crippen LogP contribution in [0.25, 0.3) is 5.76 Å². The molecule has 2 aromatic rings. The van der Waals surface area contributed by atoms with Crippen LogP contribution in [0.2, 0.25) is 0 Å². The molecule has 1 aliphatic rings. The molecule has 1 aliphatic heterocycles. The van der Waals surface area contributed by atoms with E-state index in [1.54, 1.807) is 18.2 Å². The van der Waals surface area contributed by atoms with Gasteiger partial charge < -0.3 is 24.6 Å². The quantitative estimate of drug-likeness (QED) is 0.268. The highest BCUT2D eigenvalue weighted by Crippen LogP contribution is 2.42. The van der Waals surface area contributed by atoms with Crippen LogP contribution in [0.3, 0.4) is 0 Å². The number of methoxy groups -OCH3 is 1. The Morgan fingerprint density at radius 2 is 1.88 bits per heavy atom. The number of Topliss-reactive ketones (excluding diaryl/α,β-unsaturated/α-hetero) is 1. The van der Waals surface area contributed by atoms with E-state index in [4.69, 9.17) is 9.47 Å². The fourth-order valence-electron chi connectivity index (χ4n) is 4.25. The molecule has 2 N–H and O–H groups in total. The highest BCUT2D eigenvalue weighted by atomic mass is 16.5. The maximum atomic E-state index is 13.2. The number of benzene rings is 2. The summed E-state index contributed by atoms with van der Waals surface area (Å²) in [4.78, 5) is 27.6. The zero-order valence-corrected chi connectivity index (χ0v) is 19.7. The maximum absolute atomic E-state index is 13.2. The van der Waals surface area contributed by atoms with E-state index in [0.29, 0.717) is 29.9 Å². The Balaban J connectivity index is 2.14. The van der Waals surface area contributed by atoms with Gasteiger partial charge in [-0.25, -0.2) is 0 Å². The first-order valence-corrected chi connectivity index (χ1v) is 11.0. The number of likely N-dealkylation sites (tertiary alicyclic amines) is 1. The molecule has 0 saturated carbocycles. The minimum Gasteiger partial charge on any atom is -0.508 e. The Bertz CT molecular complexity index is 1090. The number of aromatic hydroxyl groups is 1. The Morgan fingerprint density at radius 1 is 1.15 bits per heavy atom. The number of rotatable bonds is 8. The second-order valence-corrected chi connectivity index (χ2v) is 8.52. The summed E-state index contributed by atoms with van der Waals surface area (Å²) in [7, 11) is 1.49. The molecule has 0 spiro atoms. The summed E-state index contributed by atoms with van der Waals surface area (Å²) in [5.41, 5.74) is 2.53. The highest BCUT2D eigenvalue weighted by molar-refractivity contribution is 6.46. The van der Waals surface area contributed by atoms with Crippen LogP contribution in [0.5, 0.6) is 11.5 Å². The molecule has 1 fully saturated rings. The average molecular weight is 454 g/mol. The molecule has 176 valence electrons. The number of nitrogens with zero attached hydrogens (tertiary/aromatic N) is 1. The van der Waals surface area contributed by atoms with E-state index < -0.39 is 17.7 Å². The van der Waals surface area contributed by atoms with Gasteiger partial charge >= 0.3 is 0 Å². The topological polar surface area (TPSA) is 96.3 Å². The number of carbonyl (C=O) groups is 2. The van der Waals surface area contributed by atoms with Crippen molar-refractivity contribution in [3.63, 3.8) is 0 Å². The largest absolute Gasteiger partial charge is 0.508 e. The third kappa shape index (κ3) is 5.03. The lowest BCUT2D eigenvalue weighted by Gasteiger charge is -2.26. The van der Waals surface area contributed by atoms with Crippen LogP contribution < -0.4 is 4.74 Å². The van der Waals surface area contributed by atoms with Crippen molar-refractivity contribution in [3.8, 4) is 11.5 Å². The number of phenolic OH excluding ortho intramolecular Hbond substituents is 1. The predicted octanol–water partition coefficient (Wildman–Crippen LogP) is 4.25. The van der Waals surface area contributed by atoms with Crippen molar-refractivity contribution in [2.75, 3.05) is 20.3 Å². The van der Waals surface area contributed by atoms with E-state index in [0.717, 1.165) is 11.1 Å². The van der Waals surface area contributed by atoms with E-state index >= 15 is 0 Å². The highest BCUT2D eigenvalue weighted by Gasteiger charge is 2.46. The Labute approximate surface area is 194 Å². The summed E-state index contributed by atoms with van der Waals surface area (Å²) < 4.78 is 11.1. The van der Waals surface area contributed by atoms with Gasteiger partial charge in [0.1, 0.15) is 17.3 Å². The second kappa shape index (κ2) is 10.1. The lowest BCUT2D eigenvalue weighted by Crippen LogP contribution is -2.31. The Kier molecular flexibility index (Phi) is 7.43. The molecular formula is C26H31NO6. The van der Waals surface area contributed by atoms with E-state index in [1.807, 2.05) is 33.8 Å². The van der Waals surface area contributed by atoms with Crippen molar-refractivity contribution in [2.45, 2.75) is 46.3 Å². The van der Waals surface area contributed by atoms with Crippen LogP contribution in [-0.4, -0.2) is 53.2 Å². The molecule has 7 heteroatoms. The smallest absolute Gasteiger partial charge is 0.295 e. The summed E-state index contributed by atoms with van der Waals surface area (Å²) in [6.45, 7) is 8.27. The zero-order chi connectivity index (χ0) is 24.3. The van der Waals surface area contributed by atoms with Gasteiger partial charge in [0.2, 0.25) is 0 Å². The van der Waals surface area contributed by atoms with Crippen LogP contribution in [0.4, 0.5) is 0 Å². The number of hydrogen-bond donors (Lipinski definition) is 2. The molecule has 2 aromatic carbocycles. The van der Waals surface area contributed by atoms with E-state index in [2.05, 4.69) is 0 Å². The zero-order valence-electron chi connectivity index (χ0n) is 19.7. The Morgan fingerprint density at radius 3 is 2.52 bits per heavy atom. The van der Waals surface area contributed by atoms with E-state index in [1.165, 1.54) is 24.1 Å². The monoisotopic (exact) mass is 453 g/mol. The lowest BCUT2D eigenvalue weighted by molar-refractivity contribution is -0.140. The molecule has 1 amide bonds. The predicted molar refractivity (Wildman–Crippen MR) is 125 cm³/mol. The number of carbonyl (C=O) groups excluding carboxylic acids is 2. The third-order valence-electron chi connectivity index (χ3n) is 5.60. The van der Waals surface area contributed by atoms with Crippen molar-refractivity contribution >= 4 is 17.4 Å². The number of ether oxygens (including phenoxy) is 2. The van der Waals surface area contributed by atoms with Crippen LogP contribution in [-0.2, 0) is 14.3 Å². The minimum absolute atomic E-state index is 0.00482. The van der Waals surface area contributed by atoms with Gasteiger partial charge in [-0.2, -0.15) is 0 Å². The number of aryl methyl sites for hydroxylation is 2. The molecule has 7 nitrogen and oxygen atoms in total. The number of phenols is 1. The molecule has 0 aliphatic carbocycles. The molecule has 33 heavy (non-hydrogen) atoms. The van der Waals surface area contributed by atoms with Gasteiger partial charge in [-0.15, -0.1) is 0 Å². The van der Waals surface area contributed by atoms with Crippen molar-refractivity contribution < 1.29 is 29.3 Å². The summed E-state index contributed by atoms with van der Waals surface area (Å²) in [5, 5.41) is 21.4. The first-order chi connectivity index (χ1) is 15.6. The second-order valence-electron chi connectivity index (χ2n) is 8.52. The number of aliphatic hydroxyl groups excluding tert-OH is 1. The molecule has 0 bridgehead atoms. The fraction of sp³-hybridized carbons (Fsp3) is 0.385. The van der Waals surface area contributed by atoms with Crippen molar-refractivity contribution in [3.05, 3.63) is 64.2 Å². The minimum atomic E-state index is -0.846. The van der Waals surface area contributed by atoms with Crippen LogP contribution in [0.1, 0.15) is 48.6 Å². The first kappa shape index (κ1) is 24.3. The summed E-state index contributed by atoms with van der Waals surface area (Å²) in [5.74, 6) is -1.33. The van der Waals surface area contributed by atoms with Gasteiger partial charge in [0, 0.05) is 13.2 Å². The van der Waals surface area contributed by atoms with E-state index in [9.17, 15) is 19.8 Å². The molecular weight excluding hydrogens is 422 g/mol. The SMILES string of the molecule is COc1c(C)cc(C)cc1/C(O)=C1\C(=O)C(=O)N(CCCOC(C)C)C1c1cccc(O)c1. The van der Waals surface area contributed by atoms with Crippen LogP contribution in [0.15, 0.2) is 42.0 Å². The van der Waals surface area contributed by atoms with Gasteiger partial charge in [0.15, 0.2) is 0 Å². The third-order valence-corrected chi connectivity index (χ3v) is 5.60. The number of hydrogen-bond acceptors (Lipinski definition) is 6. The Hall–Kier alpha value is -3.32. The van der Waals surface area contributed by atoms with Gasteiger partial charge in [0.25, 0.3) is 11.7 Å². The number of aliphatic hydroxyl groups is 1. The molecule has 1 unspecified atom stereocenters. The lowest BCUT2D eigenvalue weighted by atomic mass is 9.93. The standard InChI is InChI=1S/C26H31NO6/c1-15(2)33-11-7-10-27-22(18-8-6-9-19(28)14-18)21(24(30)26(27)31)23(29)20-13-16(3)12-17(4)25(20)32-5/h6,8-9,12-15,22,28-29H,7,10-11H2,1-5H3/b23-21+. The van der Waals surface area contributed by atoms with Gasteiger partial charge in [-0.05, 0) is 69.0 Å². The van der Waals surface area contributed by atoms with Crippen molar-refractivity contribution in [2.24, 2.45) is 0 Å². The first-order valence-electron chi connectivity index (χ1n) is 11.0. The van der Waals surface area contributed by atoms with Crippen LogP contribution in [0, 0.1) is 13.8 Å². The number of amides is 1. The molecule has 1 saturated heterocycles. The van der Waals surface area contributed by atoms with Crippen molar-refractivity contribution in [1.82, 2.24) is 4.90 Å². The molecule has 0 radical (unpaired) electrons. The van der Waals surface area contributed by atoms with Gasteiger partial charge in [0.05, 0.1) is 30.4 Å². The summed E-state index contributed by atoms with van der Waals surface area (Å²) >= 11 is 0. The number of ketones is 1. The van der Waals surface area contributed by atoms with Gasteiger partial charge in [-0.1, -0.05) is 18.2 Å². The van der Waals surface area contributed by atoms with Crippen LogP contribution >= 0.6 is 0 Å². The van der Waals surface area contributed by atoms with Gasteiger partial charge in [-0.3, -0.25) is 9.59 Å². The summed E-state index contributed by atoms with van der Waals surface area (Å²) in [6, 6.07) is 9.17. The molecule has 3 rings (SSSR count). The molecule has 1 atom stereocenters. The maximum Gasteiger partial charge on any atom is 0.295 e. The molecule has 1 heterocycles. The van der Waals surface area contributed by atoms with E-state index in [-0.39, 0.29) is 29.7 Å². The fourth-order valence-corrected chi connectivity index (χ4v) is 4.25. The van der Waals surface area contributed by atoms with Crippen molar-refractivity contribution in [1.29, 1.82) is 0 Å². The summed E-state index contributed by atoms with van der Waals surface area (Å²) in [6.07, 6.45) is 0.576. The normalized spacial score (nSPS) is 17.8.